The summed E-state index contributed by atoms with van der Waals surface area (Å²) in [5, 5.41) is 2.19. The number of carbonyl (C=O) groups is 1. The number of halogens is 2. The maximum Gasteiger partial charge on any atom is 0.296 e. The number of hydrogen-bond acceptors (Lipinski definition) is 3. The van der Waals surface area contributed by atoms with Crippen LogP contribution in [0, 0.1) is 6.92 Å². The number of hydrogen-bond donors (Lipinski definition) is 0. The Morgan fingerprint density at radius 1 is 1.75 bits per heavy atom. The Morgan fingerprint density at radius 2 is 2.42 bits per heavy atom. The van der Waals surface area contributed by atoms with Crippen LogP contribution in [0.3, 0.4) is 0 Å². The lowest BCUT2D eigenvalue weighted by molar-refractivity contribution is -0.128. The van der Waals surface area contributed by atoms with Gasteiger partial charge in [-0.1, -0.05) is 0 Å². The third-order valence-electron chi connectivity index (χ3n) is 1.24. The number of nitrogens with zero attached hydrogens (tertiary/aromatic N) is 1. The fraction of sp³-hybridized carbons (Fsp3) is 0.429. The highest BCUT2D eigenvalue weighted by atomic mass is 32.1. The van der Waals surface area contributed by atoms with Gasteiger partial charge in [-0.25, -0.2) is 13.8 Å². The van der Waals surface area contributed by atoms with Gasteiger partial charge in [0.2, 0.25) is 5.78 Å². The minimum Gasteiger partial charge on any atom is -0.293 e. The lowest BCUT2D eigenvalue weighted by Crippen LogP contribution is -2.12. The van der Waals surface area contributed by atoms with Crippen LogP contribution in [0.2, 0.25) is 0 Å². The summed E-state index contributed by atoms with van der Waals surface area (Å²) >= 11 is 1.23. The van der Waals surface area contributed by atoms with Crippen molar-refractivity contribution in [3.63, 3.8) is 0 Å². The molecule has 12 heavy (non-hydrogen) atoms. The standard InChI is InChI=1S/C7H7F2NOS/c1-4-3-12-6(10-4)2-5(11)7(8)9/h3,7H,2H2,1H3. The molecule has 0 N–H and O–H groups in total. The normalized spacial score (nSPS) is 10.7. The van der Waals surface area contributed by atoms with E-state index in [0.717, 1.165) is 5.69 Å². The second-order valence-corrected chi connectivity index (χ2v) is 3.27. The smallest absolute Gasteiger partial charge is 0.293 e. The Labute approximate surface area is 72.2 Å². The number of alkyl halides is 2. The van der Waals surface area contributed by atoms with Gasteiger partial charge in [-0.05, 0) is 6.92 Å². The van der Waals surface area contributed by atoms with Gasteiger partial charge in [0, 0.05) is 11.1 Å². The van der Waals surface area contributed by atoms with E-state index in [4.69, 9.17) is 0 Å². The van der Waals surface area contributed by atoms with Crippen molar-refractivity contribution in [3.05, 3.63) is 16.1 Å². The number of ketones is 1. The average molecular weight is 191 g/mol. The third kappa shape index (κ3) is 2.34. The molecule has 1 rings (SSSR count). The van der Waals surface area contributed by atoms with Crippen molar-refractivity contribution < 1.29 is 13.6 Å². The van der Waals surface area contributed by atoms with Crippen LogP contribution in [0.15, 0.2) is 5.38 Å². The summed E-state index contributed by atoms with van der Waals surface area (Å²) in [4.78, 5) is 14.4. The van der Waals surface area contributed by atoms with E-state index in [-0.39, 0.29) is 6.42 Å². The number of rotatable bonds is 3. The maximum atomic E-state index is 11.7. The van der Waals surface area contributed by atoms with Crippen LogP contribution in [0.25, 0.3) is 0 Å². The fourth-order valence-electron chi connectivity index (χ4n) is 0.710. The Kier molecular flexibility index (Phi) is 2.86. The van der Waals surface area contributed by atoms with Gasteiger partial charge in [-0.15, -0.1) is 11.3 Å². The molecular formula is C7H7F2NOS. The lowest BCUT2D eigenvalue weighted by atomic mass is 10.3. The minimum atomic E-state index is -2.88. The summed E-state index contributed by atoms with van der Waals surface area (Å²) in [6.07, 6.45) is -3.13. The van der Waals surface area contributed by atoms with Crippen LogP contribution < -0.4 is 0 Å². The quantitative estimate of drug-likeness (QED) is 0.729. The summed E-state index contributed by atoms with van der Waals surface area (Å²) in [5.74, 6) is -1.07. The van der Waals surface area contributed by atoms with Crippen molar-refractivity contribution in [2.45, 2.75) is 19.8 Å². The van der Waals surface area contributed by atoms with Gasteiger partial charge in [0.25, 0.3) is 6.43 Å². The number of thiazole rings is 1. The average Bonchev–Trinajstić information content (AvgIpc) is 2.35. The number of Topliss-reactive ketones (excluding diaryl/α,β-unsaturated/α-hetero) is 1. The molecule has 2 nitrogen and oxygen atoms in total. The molecule has 0 saturated carbocycles. The summed E-state index contributed by atoms with van der Waals surface area (Å²) in [5.41, 5.74) is 0.761. The molecule has 0 unspecified atom stereocenters. The molecule has 0 aromatic carbocycles. The van der Waals surface area contributed by atoms with Gasteiger partial charge in [-0.2, -0.15) is 0 Å². The van der Waals surface area contributed by atoms with Crippen LogP contribution in [0.5, 0.6) is 0 Å². The highest BCUT2D eigenvalue weighted by Crippen LogP contribution is 2.11. The largest absolute Gasteiger partial charge is 0.296 e. The molecule has 66 valence electrons. The molecule has 0 atom stereocenters. The van der Waals surface area contributed by atoms with Gasteiger partial charge in [-0.3, -0.25) is 4.79 Å². The molecule has 0 amide bonds. The van der Waals surface area contributed by atoms with Crippen LogP contribution in [-0.2, 0) is 11.2 Å². The number of carbonyl (C=O) groups excluding carboxylic acids is 1. The molecule has 0 spiro atoms. The monoisotopic (exact) mass is 191 g/mol. The van der Waals surface area contributed by atoms with E-state index in [2.05, 4.69) is 4.98 Å². The van der Waals surface area contributed by atoms with E-state index in [1.165, 1.54) is 11.3 Å². The molecule has 1 heterocycles. The minimum absolute atomic E-state index is 0.254. The molecule has 0 fully saturated rings. The summed E-state index contributed by atoms with van der Waals surface area (Å²) in [7, 11) is 0. The summed E-state index contributed by atoms with van der Waals surface area (Å²) < 4.78 is 23.5. The predicted molar refractivity (Wildman–Crippen MR) is 41.6 cm³/mol. The first-order chi connectivity index (χ1) is 5.59. The zero-order chi connectivity index (χ0) is 9.14. The van der Waals surface area contributed by atoms with Gasteiger partial charge < -0.3 is 0 Å². The topological polar surface area (TPSA) is 30.0 Å². The van der Waals surface area contributed by atoms with E-state index >= 15 is 0 Å². The van der Waals surface area contributed by atoms with E-state index in [0.29, 0.717) is 5.01 Å². The molecule has 5 heteroatoms. The molecule has 0 bridgehead atoms. The molecule has 0 aliphatic heterocycles. The molecule has 1 aromatic heterocycles. The molecule has 1 aromatic rings. The Hall–Kier alpha value is -0.840. The molecule has 0 radical (unpaired) electrons. The van der Waals surface area contributed by atoms with Gasteiger partial charge >= 0.3 is 0 Å². The Bertz CT molecular complexity index is 285. The van der Waals surface area contributed by atoms with Gasteiger partial charge in [0.05, 0.1) is 6.42 Å². The van der Waals surface area contributed by atoms with Crippen LogP contribution in [-0.4, -0.2) is 17.2 Å². The van der Waals surface area contributed by atoms with Crippen LogP contribution in [0.4, 0.5) is 8.78 Å². The molecule has 0 aliphatic carbocycles. The van der Waals surface area contributed by atoms with E-state index in [9.17, 15) is 13.6 Å². The molecular weight excluding hydrogens is 184 g/mol. The van der Waals surface area contributed by atoms with Crippen molar-refractivity contribution in [1.29, 1.82) is 0 Å². The highest BCUT2D eigenvalue weighted by molar-refractivity contribution is 7.09. The summed E-state index contributed by atoms with van der Waals surface area (Å²) in [6.45, 7) is 1.76. The Morgan fingerprint density at radius 3 is 2.83 bits per heavy atom. The second kappa shape index (κ2) is 3.71. The van der Waals surface area contributed by atoms with Crippen LogP contribution >= 0.6 is 11.3 Å². The first-order valence-corrected chi connectivity index (χ1v) is 4.19. The maximum absolute atomic E-state index is 11.7. The van der Waals surface area contributed by atoms with E-state index in [1.807, 2.05) is 0 Å². The van der Waals surface area contributed by atoms with E-state index in [1.54, 1.807) is 12.3 Å². The van der Waals surface area contributed by atoms with E-state index < -0.39 is 12.2 Å². The number of aromatic nitrogens is 1. The predicted octanol–water partition coefficient (Wildman–Crippen LogP) is 1.83. The second-order valence-electron chi connectivity index (χ2n) is 2.33. The highest BCUT2D eigenvalue weighted by Gasteiger charge is 2.16. The van der Waals surface area contributed by atoms with Crippen molar-refractivity contribution in [1.82, 2.24) is 4.98 Å². The first kappa shape index (κ1) is 9.25. The van der Waals surface area contributed by atoms with Crippen LogP contribution in [0.1, 0.15) is 10.7 Å². The van der Waals surface area contributed by atoms with Crippen molar-refractivity contribution >= 4 is 17.1 Å². The fourth-order valence-corrected chi connectivity index (χ4v) is 1.49. The SMILES string of the molecule is Cc1csc(CC(=O)C(F)F)n1. The third-order valence-corrected chi connectivity index (χ3v) is 2.20. The van der Waals surface area contributed by atoms with Gasteiger partial charge in [0.15, 0.2) is 0 Å². The van der Waals surface area contributed by atoms with Gasteiger partial charge in [0.1, 0.15) is 5.01 Å². The molecule has 0 saturated heterocycles. The lowest BCUT2D eigenvalue weighted by Gasteiger charge is -1.93. The number of aryl methyl sites for hydroxylation is 1. The summed E-state index contributed by atoms with van der Waals surface area (Å²) in [6, 6.07) is 0. The van der Waals surface area contributed by atoms with Crippen molar-refractivity contribution in [2.75, 3.05) is 0 Å². The zero-order valence-electron chi connectivity index (χ0n) is 6.38. The Balaban J connectivity index is 2.58. The van der Waals surface area contributed by atoms with Crippen molar-refractivity contribution in [3.8, 4) is 0 Å². The van der Waals surface area contributed by atoms with Crippen molar-refractivity contribution in [2.24, 2.45) is 0 Å². The molecule has 0 aliphatic rings. The zero-order valence-corrected chi connectivity index (χ0v) is 7.20. The first-order valence-electron chi connectivity index (χ1n) is 3.31.